The monoisotopic (exact) mass is 899 g/mol. The fourth-order valence-corrected chi connectivity index (χ4v) is 8.76. The summed E-state index contributed by atoms with van der Waals surface area (Å²) in [6, 6.07) is 0.848. The van der Waals surface area contributed by atoms with Crippen LogP contribution in [0.25, 0.3) is 0 Å². The van der Waals surface area contributed by atoms with Crippen molar-refractivity contribution in [3.63, 3.8) is 0 Å². The maximum atomic E-state index is 14.0. The Bertz CT molecular complexity index is 2000. The van der Waals surface area contributed by atoms with Crippen molar-refractivity contribution in [1.29, 1.82) is 0 Å². The van der Waals surface area contributed by atoms with E-state index >= 15 is 0 Å². The molecule has 64 heavy (non-hydrogen) atoms. The van der Waals surface area contributed by atoms with Crippen molar-refractivity contribution in [3.05, 3.63) is 40.7 Å². The van der Waals surface area contributed by atoms with Gasteiger partial charge in [0, 0.05) is 44.9 Å². The number of aromatic nitrogens is 3. The molecule has 0 bridgehead atoms. The van der Waals surface area contributed by atoms with E-state index in [-0.39, 0.29) is 30.3 Å². The van der Waals surface area contributed by atoms with Gasteiger partial charge < -0.3 is 55.2 Å². The molecule has 3 fully saturated rings. The van der Waals surface area contributed by atoms with Crippen LogP contribution in [-0.2, 0) is 59.0 Å². The van der Waals surface area contributed by atoms with Gasteiger partial charge in [-0.3, -0.25) is 28.8 Å². The Balaban J connectivity index is 1.52. The van der Waals surface area contributed by atoms with Gasteiger partial charge in [-0.1, -0.05) is 37.3 Å². The minimum Gasteiger partial charge on any atom is -0.465 e. The highest BCUT2D eigenvalue weighted by Crippen LogP contribution is 2.39. The summed E-state index contributed by atoms with van der Waals surface area (Å²) in [5.74, 6) is -7.21. The van der Waals surface area contributed by atoms with Gasteiger partial charge in [-0.25, -0.2) is 9.48 Å². The Morgan fingerprint density at radius 2 is 1.56 bits per heavy atom. The second-order valence-corrected chi connectivity index (χ2v) is 16.7. The molecule has 3 aliphatic rings. The van der Waals surface area contributed by atoms with Crippen molar-refractivity contribution in [3.8, 4) is 5.75 Å². The lowest BCUT2D eigenvalue weighted by Gasteiger charge is -2.49. The number of esters is 4. The summed E-state index contributed by atoms with van der Waals surface area (Å²) in [6.07, 6.45) is 0.734. The number of hydrogen-bond acceptors (Lipinski definition) is 17. The van der Waals surface area contributed by atoms with Crippen molar-refractivity contribution >= 4 is 41.6 Å². The molecule has 1 aromatic carbocycles. The second-order valence-electron chi connectivity index (χ2n) is 16.7. The van der Waals surface area contributed by atoms with Gasteiger partial charge in [0.05, 0.1) is 50.2 Å². The summed E-state index contributed by atoms with van der Waals surface area (Å²) in [6.45, 7) is 5.50. The van der Waals surface area contributed by atoms with E-state index in [1.807, 2.05) is 0 Å². The topological polar surface area (TPSA) is 288 Å². The highest BCUT2D eigenvalue weighted by atomic mass is 16.7. The lowest BCUT2D eigenvalue weighted by atomic mass is 9.87. The number of carbonyl (C=O) groups is 7. The molecule has 21 heteroatoms. The second kappa shape index (κ2) is 22.4. The third-order valence-electron chi connectivity index (χ3n) is 11.6. The van der Waals surface area contributed by atoms with Gasteiger partial charge in [0.1, 0.15) is 18.4 Å². The molecule has 0 spiro atoms. The zero-order valence-corrected chi connectivity index (χ0v) is 37.2. The van der Waals surface area contributed by atoms with Gasteiger partial charge in [-0.05, 0) is 62.8 Å². The van der Waals surface area contributed by atoms with E-state index in [4.69, 9.17) is 34.2 Å². The zero-order chi connectivity index (χ0) is 46.7. The third kappa shape index (κ3) is 12.8. The van der Waals surface area contributed by atoms with Crippen LogP contribution in [0.3, 0.4) is 0 Å². The number of amides is 3. The van der Waals surface area contributed by atoms with Crippen molar-refractivity contribution in [2.75, 3.05) is 20.2 Å². The first-order chi connectivity index (χ1) is 30.4. The standard InChI is InChI=1S/C43H61N7O14/c1-23-16-29(17-24(2)38(23)61-26(4)52)41(57)45-20-34(60-25(3)51)39(62-27(5)53)40-37(47-36(56)22-50-21-31(48-49-50)28-12-8-7-9-13-28)32(54)18-43(64-40,42(58)59-6)63-33-15-11-10-14-30(33)46-35(55)19-44/h16-17,21,28,30,32-34,37,39-40,54H,7-15,18-20,22,44H2,1-6H3,(H,45,57)(H,46,55)(H,47,56)/t30?,32-,33?,34+,37+,39+,40?,43+/m0/s1. The summed E-state index contributed by atoms with van der Waals surface area (Å²) >= 11 is 0. The first kappa shape index (κ1) is 49.5. The lowest BCUT2D eigenvalue weighted by Crippen LogP contribution is -2.70. The molecule has 2 saturated carbocycles. The molecule has 6 N–H and O–H groups in total. The van der Waals surface area contributed by atoms with Gasteiger partial charge in [0.25, 0.3) is 11.7 Å². The number of nitrogens with zero attached hydrogens (tertiary/aromatic N) is 3. The van der Waals surface area contributed by atoms with Gasteiger partial charge in [-0.2, -0.15) is 0 Å². The molecular weight excluding hydrogens is 839 g/mol. The SMILES string of the molecule is COC(=O)[C@@]1(OC2CCCCC2NC(=O)CN)C[C@H](O)[C@@H](NC(=O)Cn2cc(C3CCCCC3)nn2)C([C@H](OC(C)=O)[C@@H](CNC(=O)c2cc(C)c(OC(C)=O)c(C)c2)OC(C)=O)O1. The number of ether oxygens (including phenoxy) is 6. The maximum absolute atomic E-state index is 14.0. The summed E-state index contributed by atoms with van der Waals surface area (Å²) in [4.78, 5) is 91.4. The van der Waals surface area contributed by atoms with E-state index in [0.29, 0.717) is 36.8 Å². The number of benzene rings is 1. The normalized spacial score (nSPS) is 24.6. The van der Waals surface area contributed by atoms with E-state index < -0.39 is 103 Å². The van der Waals surface area contributed by atoms with Crippen LogP contribution in [0.1, 0.15) is 118 Å². The molecule has 21 nitrogen and oxygen atoms in total. The number of aryl methyl sites for hydroxylation is 2. The summed E-state index contributed by atoms with van der Waals surface area (Å²) in [7, 11) is 1.07. The molecule has 1 aromatic heterocycles. The van der Waals surface area contributed by atoms with Gasteiger partial charge in [0.2, 0.25) is 11.8 Å². The first-order valence-electron chi connectivity index (χ1n) is 21.7. The number of hydrogen-bond donors (Lipinski definition) is 5. The number of aliphatic hydroxyl groups is 1. The molecule has 1 aliphatic heterocycles. The van der Waals surface area contributed by atoms with E-state index in [0.717, 1.165) is 58.8 Å². The predicted octanol–water partition coefficient (Wildman–Crippen LogP) is 1.07. The van der Waals surface area contributed by atoms with Crippen LogP contribution in [0.15, 0.2) is 18.3 Å². The van der Waals surface area contributed by atoms with Crippen LogP contribution in [-0.4, -0.2) is 130 Å². The molecule has 352 valence electrons. The number of aliphatic hydroxyl groups excluding tert-OH is 1. The van der Waals surface area contributed by atoms with Crippen LogP contribution in [0.2, 0.25) is 0 Å². The Morgan fingerprint density at radius 3 is 2.19 bits per heavy atom. The third-order valence-corrected chi connectivity index (χ3v) is 11.6. The molecule has 3 amide bonds. The minimum absolute atomic E-state index is 0.146. The van der Waals surface area contributed by atoms with E-state index in [2.05, 4.69) is 26.3 Å². The molecule has 2 aliphatic carbocycles. The number of carbonyl (C=O) groups excluding carboxylic acids is 7. The molecular formula is C43H61N7O14. The molecule has 1 saturated heterocycles. The molecule has 2 heterocycles. The zero-order valence-electron chi connectivity index (χ0n) is 37.2. The van der Waals surface area contributed by atoms with E-state index in [9.17, 15) is 38.7 Å². The van der Waals surface area contributed by atoms with Crippen LogP contribution in [0.4, 0.5) is 0 Å². The lowest BCUT2D eigenvalue weighted by molar-refractivity contribution is -0.327. The van der Waals surface area contributed by atoms with Crippen molar-refractivity contribution in [2.45, 2.75) is 160 Å². The fraction of sp³-hybridized carbons (Fsp3) is 0.651. The van der Waals surface area contributed by atoms with Crippen LogP contribution in [0, 0.1) is 13.8 Å². The van der Waals surface area contributed by atoms with E-state index in [1.54, 1.807) is 20.0 Å². The summed E-state index contributed by atoms with van der Waals surface area (Å²) < 4.78 is 36.4. The average molecular weight is 900 g/mol. The quantitative estimate of drug-likeness (QED) is 0.0843. The maximum Gasteiger partial charge on any atom is 0.366 e. The van der Waals surface area contributed by atoms with Gasteiger partial charge in [-0.15, -0.1) is 5.10 Å². The smallest absolute Gasteiger partial charge is 0.366 e. The summed E-state index contributed by atoms with van der Waals surface area (Å²) in [5.41, 5.74) is 7.45. The largest absolute Gasteiger partial charge is 0.465 e. The van der Waals surface area contributed by atoms with Crippen LogP contribution < -0.4 is 26.4 Å². The van der Waals surface area contributed by atoms with E-state index in [1.165, 1.54) is 23.7 Å². The van der Waals surface area contributed by atoms with Crippen molar-refractivity contribution in [2.24, 2.45) is 5.73 Å². The number of methoxy groups -OCH3 is 1. The number of nitrogens with one attached hydrogen (secondary N) is 3. The van der Waals surface area contributed by atoms with Gasteiger partial charge >= 0.3 is 23.9 Å². The highest BCUT2D eigenvalue weighted by Gasteiger charge is 2.59. The Kier molecular flexibility index (Phi) is 17.3. The molecule has 2 aromatic rings. The van der Waals surface area contributed by atoms with Crippen LogP contribution in [0.5, 0.6) is 5.75 Å². The molecule has 5 rings (SSSR count). The van der Waals surface area contributed by atoms with Gasteiger partial charge in [0.15, 0.2) is 12.2 Å². The fourth-order valence-electron chi connectivity index (χ4n) is 8.76. The number of nitrogens with two attached hydrogens (primary N) is 1. The molecule has 8 atom stereocenters. The predicted molar refractivity (Wildman–Crippen MR) is 223 cm³/mol. The average Bonchev–Trinajstić information content (AvgIpc) is 3.72. The number of rotatable bonds is 17. The molecule has 3 unspecified atom stereocenters. The van der Waals surface area contributed by atoms with Crippen LogP contribution >= 0.6 is 0 Å². The molecule has 0 radical (unpaired) electrons. The Labute approximate surface area is 371 Å². The Hall–Kier alpha value is -5.51. The highest BCUT2D eigenvalue weighted by molar-refractivity contribution is 5.95. The first-order valence-corrected chi connectivity index (χ1v) is 21.7. The Morgan fingerprint density at radius 1 is 0.906 bits per heavy atom. The van der Waals surface area contributed by atoms with Crippen molar-refractivity contribution in [1.82, 2.24) is 30.9 Å². The van der Waals surface area contributed by atoms with Crippen molar-refractivity contribution < 1.29 is 67.1 Å². The summed E-state index contributed by atoms with van der Waals surface area (Å²) in [5, 5.41) is 28.8. The minimum atomic E-state index is -2.45.